The zero-order chi connectivity index (χ0) is 28.8. The van der Waals surface area contributed by atoms with Gasteiger partial charge in [0.15, 0.2) is 5.65 Å². The molecule has 2 N–H and O–H groups in total. The van der Waals surface area contributed by atoms with E-state index < -0.39 is 12.7 Å². The number of aryl methyl sites for hydroxylation is 1. The van der Waals surface area contributed by atoms with E-state index in [0.717, 1.165) is 10.6 Å². The first-order chi connectivity index (χ1) is 19.7. The molecule has 3 atom stereocenters. The van der Waals surface area contributed by atoms with Crippen LogP contribution < -0.4 is 15.5 Å². The summed E-state index contributed by atoms with van der Waals surface area (Å²) in [6, 6.07) is 4.12. The molecule has 2 unspecified atom stereocenters. The molecular weight excluding hydrogens is 531 g/mol. The molecule has 2 aliphatic rings. The predicted octanol–water partition coefficient (Wildman–Crippen LogP) is 3.01. The van der Waals surface area contributed by atoms with Gasteiger partial charge in [-0.3, -0.25) is 19.4 Å². The Morgan fingerprint density at radius 2 is 1.95 bits per heavy atom. The minimum atomic E-state index is -0.745. The van der Waals surface area contributed by atoms with Crippen LogP contribution in [0.2, 0.25) is 0 Å². The van der Waals surface area contributed by atoms with Crippen LogP contribution in [0.1, 0.15) is 48.1 Å². The van der Waals surface area contributed by atoms with E-state index in [4.69, 9.17) is 0 Å². The number of alkyl halides is 1. The topological polar surface area (TPSA) is 151 Å². The zero-order valence-corrected chi connectivity index (χ0v) is 22.6. The number of pyridine rings is 1. The van der Waals surface area contributed by atoms with Crippen molar-refractivity contribution in [2.45, 2.75) is 38.9 Å². The summed E-state index contributed by atoms with van der Waals surface area (Å²) in [6.45, 7) is 2.87. The van der Waals surface area contributed by atoms with Gasteiger partial charge in [0.25, 0.3) is 0 Å². The van der Waals surface area contributed by atoms with E-state index in [1.165, 1.54) is 24.3 Å². The lowest BCUT2D eigenvalue weighted by molar-refractivity contribution is -0.124. The summed E-state index contributed by atoms with van der Waals surface area (Å²) in [5.41, 5.74) is 2.56. The van der Waals surface area contributed by atoms with E-state index >= 15 is 0 Å². The minimum absolute atomic E-state index is 0.0124. The maximum Gasteiger partial charge on any atom is 0.331 e. The lowest BCUT2D eigenvalue weighted by Gasteiger charge is -2.16. The predicted molar refractivity (Wildman–Crippen MR) is 146 cm³/mol. The highest BCUT2D eigenvalue weighted by molar-refractivity contribution is 6.13. The fourth-order valence-corrected chi connectivity index (χ4v) is 4.86. The van der Waals surface area contributed by atoms with Gasteiger partial charge in [0, 0.05) is 54.8 Å². The molecule has 0 bridgehead atoms. The van der Waals surface area contributed by atoms with Crippen molar-refractivity contribution in [3.63, 3.8) is 0 Å². The molecule has 1 aliphatic carbocycles. The fourth-order valence-electron chi connectivity index (χ4n) is 4.86. The summed E-state index contributed by atoms with van der Waals surface area (Å²) in [5, 5.41) is 6.09. The van der Waals surface area contributed by atoms with Crippen molar-refractivity contribution >= 4 is 40.8 Å². The van der Waals surface area contributed by atoms with Gasteiger partial charge in [-0.15, -0.1) is 0 Å². The maximum absolute atomic E-state index is 13.7. The number of nitrogens with zero attached hydrogens (tertiary/aromatic N) is 8. The number of fused-ring (bicyclic) bond motifs is 1. The first-order valence-electron chi connectivity index (χ1n) is 13.1. The molecule has 1 saturated carbocycles. The number of aromatic nitrogens is 6. The van der Waals surface area contributed by atoms with Crippen LogP contribution in [0.25, 0.3) is 5.65 Å². The van der Waals surface area contributed by atoms with Crippen molar-refractivity contribution in [3.8, 4) is 0 Å². The standard InChI is InChI=1S/C27H27FN10O3/c1-14-4-5-29-24(32-14)17-7-18(17)26(40)35-22-8-21(30-13-31-22)33-15(2)19-11-37-10-16(9-28)6-20(25(37)34-19)38-12-23(39)36(3)27(38)41/h4-6,8,10-11,13,15,17-18H,7,9,12H2,1-3H3,(H2,30,31,33,35,40)/t15-,17?,18?/m1/s1. The molecule has 13 nitrogen and oxygen atoms in total. The summed E-state index contributed by atoms with van der Waals surface area (Å²) in [5.74, 6) is 0.735. The van der Waals surface area contributed by atoms with Crippen LogP contribution in [0, 0.1) is 12.8 Å². The molecule has 4 aromatic rings. The van der Waals surface area contributed by atoms with E-state index in [1.807, 2.05) is 19.9 Å². The molecule has 0 aromatic carbocycles. The molecule has 0 radical (unpaired) electrons. The molecule has 0 spiro atoms. The quantitative estimate of drug-likeness (QED) is 0.311. The number of likely N-dealkylation sites (N-methyl/N-ethyl adjacent to an activating group) is 1. The van der Waals surface area contributed by atoms with Gasteiger partial charge in [-0.05, 0) is 32.4 Å². The molecule has 5 heterocycles. The molecule has 2 fully saturated rings. The number of imidazole rings is 1. The Morgan fingerprint density at radius 3 is 2.68 bits per heavy atom. The fraction of sp³-hybridized carbons (Fsp3) is 0.333. The van der Waals surface area contributed by atoms with Crippen molar-refractivity contribution in [1.29, 1.82) is 0 Å². The van der Waals surface area contributed by atoms with E-state index in [-0.39, 0.29) is 36.2 Å². The van der Waals surface area contributed by atoms with Crippen molar-refractivity contribution in [3.05, 3.63) is 65.9 Å². The Bertz CT molecular complexity index is 1690. The zero-order valence-electron chi connectivity index (χ0n) is 22.6. The first-order valence-corrected chi connectivity index (χ1v) is 13.1. The van der Waals surface area contributed by atoms with Crippen molar-refractivity contribution in [2.24, 2.45) is 5.92 Å². The van der Waals surface area contributed by atoms with Gasteiger partial charge in [0.05, 0.1) is 17.4 Å². The number of carbonyl (C=O) groups excluding carboxylic acids is 3. The van der Waals surface area contributed by atoms with E-state index in [1.54, 1.807) is 29.1 Å². The van der Waals surface area contributed by atoms with Crippen LogP contribution in [0.3, 0.4) is 0 Å². The summed E-state index contributed by atoms with van der Waals surface area (Å²) < 4.78 is 15.3. The summed E-state index contributed by atoms with van der Waals surface area (Å²) in [4.78, 5) is 61.7. The van der Waals surface area contributed by atoms with Crippen LogP contribution in [0.15, 0.2) is 43.1 Å². The molecule has 210 valence electrons. The second kappa shape index (κ2) is 10.2. The average Bonchev–Trinajstić information content (AvgIpc) is 3.58. The molecule has 4 amide bonds. The number of amides is 4. The Balaban J connectivity index is 1.17. The number of imide groups is 1. The van der Waals surface area contributed by atoms with Gasteiger partial charge in [0.2, 0.25) is 11.8 Å². The monoisotopic (exact) mass is 558 g/mol. The Kier molecular flexibility index (Phi) is 6.52. The van der Waals surface area contributed by atoms with Crippen LogP contribution in [-0.2, 0) is 16.3 Å². The van der Waals surface area contributed by atoms with E-state index in [2.05, 4.69) is 35.6 Å². The lowest BCUT2D eigenvalue weighted by atomic mass is 10.2. The largest absolute Gasteiger partial charge is 0.362 e. The minimum Gasteiger partial charge on any atom is -0.362 e. The molecule has 14 heteroatoms. The summed E-state index contributed by atoms with van der Waals surface area (Å²) in [6.07, 6.45) is 7.05. The van der Waals surface area contributed by atoms with Gasteiger partial charge in [-0.25, -0.2) is 34.1 Å². The van der Waals surface area contributed by atoms with Crippen LogP contribution in [0.4, 0.5) is 26.5 Å². The van der Waals surface area contributed by atoms with Gasteiger partial charge in [-0.2, -0.15) is 0 Å². The summed E-state index contributed by atoms with van der Waals surface area (Å²) in [7, 11) is 1.41. The SMILES string of the molecule is Cc1ccnc(C2CC2C(=O)Nc2cc(N[C@H](C)c3cn4cc(CF)cc(N5CC(=O)N(C)C5=O)c4n3)ncn2)n1. The highest BCUT2D eigenvalue weighted by Crippen LogP contribution is 2.46. The van der Waals surface area contributed by atoms with Gasteiger partial charge in [-0.1, -0.05) is 0 Å². The number of hydrogen-bond donors (Lipinski definition) is 2. The first kappa shape index (κ1) is 26.2. The second-order valence-electron chi connectivity index (χ2n) is 10.2. The second-order valence-corrected chi connectivity index (χ2v) is 10.2. The van der Waals surface area contributed by atoms with E-state index in [0.29, 0.717) is 46.5 Å². The lowest BCUT2D eigenvalue weighted by Crippen LogP contribution is -2.30. The average molecular weight is 559 g/mol. The Hall–Kier alpha value is -5.01. The number of anilines is 3. The third-order valence-corrected chi connectivity index (χ3v) is 7.24. The number of nitrogens with one attached hydrogen (secondary N) is 2. The third-order valence-electron chi connectivity index (χ3n) is 7.24. The van der Waals surface area contributed by atoms with Gasteiger partial charge in [0.1, 0.15) is 37.0 Å². The molecule has 41 heavy (non-hydrogen) atoms. The van der Waals surface area contributed by atoms with E-state index in [9.17, 15) is 18.8 Å². The highest BCUT2D eigenvalue weighted by atomic mass is 19.1. The Labute approximate surface area is 233 Å². The number of rotatable bonds is 8. The number of urea groups is 1. The maximum atomic E-state index is 13.7. The van der Waals surface area contributed by atoms with Crippen molar-refractivity contribution in [1.82, 2.24) is 34.2 Å². The number of hydrogen-bond acceptors (Lipinski definition) is 9. The Morgan fingerprint density at radius 1 is 1.15 bits per heavy atom. The summed E-state index contributed by atoms with van der Waals surface area (Å²) >= 11 is 0. The van der Waals surface area contributed by atoms with Crippen LogP contribution >= 0.6 is 0 Å². The van der Waals surface area contributed by atoms with Crippen LogP contribution in [-0.4, -0.2) is 65.7 Å². The molecule has 6 rings (SSSR count). The highest BCUT2D eigenvalue weighted by Gasteiger charge is 2.46. The smallest absolute Gasteiger partial charge is 0.331 e. The third kappa shape index (κ3) is 5.03. The number of carbonyl (C=O) groups is 3. The molecular formula is C27H27FN10O3. The normalized spacial score (nSPS) is 19.1. The van der Waals surface area contributed by atoms with Crippen molar-refractivity contribution in [2.75, 3.05) is 29.1 Å². The van der Waals surface area contributed by atoms with Gasteiger partial charge >= 0.3 is 6.03 Å². The molecule has 1 aliphatic heterocycles. The number of halogens is 1. The van der Waals surface area contributed by atoms with Crippen molar-refractivity contribution < 1.29 is 18.8 Å². The van der Waals surface area contributed by atoms with Crippen LogP contribution in [0.5, 0.6) is 0 Å². The van der Waals surface area contributed by atoms with Gasteiger partial charge < -0.3 is 15.0 Å². The molecule has 4 aromatic heterocycles. The molecule has 1 saturated heterocycles.